The number of rotatable bonds is 2. The highest BCUT2D eigenvalue weighted by atomic mass is 16.5. The van der Waals surface area contributed by atoms with Gasteiger partial charge in [-0.15, -0.1) is 5.10 Å². The second kappa shape index (κ2) is 3.91. The summed E-state index contributed by atoms with van der Waals surface area (Å²) in [6.07, 6.45) is 3.13. The Kier molecular flexibility index (Phi) is 2.45. The average molecular weight is 202 g/mol. The second-order valence-electron chi connectivity index (χ2n) is 3.04. The van der Waals surface area contributed by atoms with E-state index in [4.69, 9.17) is 10.5 Å². The van der Waals surface area contributed by atoms with Crippen LogP contribution < -0.4 is 10.5 Å². The van der Waals surface area contributed by atoms with Crippen molar-refractivity contribution < 1.29 is 4.74 Å². The lowest BCUT2D eigenvalue weighted by molar-refractivity contribution is 0.437. The van der Waals surface area contributed by atoms with Crippen molar-refractivity contribution in [1.82, 2.24) is 15.2 Å². The highest BCUT2D eigenvalue weighted by Crippen LogP contribution is 2.19. The molecule has 2 N–H and O–H groups in total. The molecule has 5 heteroatoms. The Morgan fingerprint density at radius 1 is 1.33 bits per heavy atom. The molecule has 0 saturated carbocycles. The molecule has 0 aromatic carbocycles. The van der Waals surface area contributed by atoms with Crippen LogP contribution in [-0.4, -0.2) is 15.2 Å². The Labute approximate surface area is 86.9 Å². The molecule has 2 aromatic heterocycles. The normalized spacial score (nSPS) is 9.93. The van der Waals surface area contributed by atoms with Gasteiger partial charge in [0.15, 0.2) is 0 Å². The quantitative estimate of drug-likeness (QED) is 0.799. The number of aryl methyl sites for hydroxylation is 1. The molecule has 5 nitrogen and oxygen atoms in total. The van der Waals surface area contributed by atoms with E-state index in [2.05, 4.69) is 15.2 Å². The number of ether oxygens (including phenoxy) is 1. The van der Waals surface area contributed by atoms with Gasteiger partial charge in [0, 0.05) is 18.3 Å². The molecule has 2 aromatic rings. The Hall–Kier alpha value is -2.17. The van der Waals surface area contributed by atoms with Crippen LogP contribution in [0.4, 0.5) is 5.69 Å². The van der Waals surface area contributed by atoms with E-state index in [1.54, 1.807) is 30.6 Å². The summed E-state index contributed by atoms with van der Waals surface area (Å²) in [7, 11) is 0. The molecule has 2 heterocycles. The Morgan fingerprint density at radius 3 is 2.87 bits per heavy atom. The number of nitrogens with zero attached hydrogens (tertiary/aromatic N) is 3. The van der Waals surface area contributed by atoms with Gasteiger partial charge in [-0.3, -0.25) is 0 Å². The van der Waals surface area contributed by atoms with Crippen molar-refractivity contribution in [1.29, 1.82) is 0 Å². The molecule has 0 spiro atoms. The third-order valence-corrected chi connectivity index (χ3v) is 1.88. The fraction of sp³-hybridized carbons (Fsp3) is 0.100. The van der Waals surface area contributed by atoms with Crippen LogP contribution in [0.15, 0.2) is 30.6 Å². The van der Waals surface area contributed by atoms with Crippen molar-refractivity contribution >= 4 is 5.69 Å². The predicted molar refractivity (Wildman–Crippen MR) is 55.5 cm³/mol. The minimum Gasteiger partial charge on any atom is -0.419 e. The Bertz CT molecular complexity index is 458. The largest absolute Gasteiger partial charge is 0.419 e. The van der Waals surface area contributed by atoms with E-state index in [1.165, 1.54) is 0 Å². The van der Waals surface area contributed by atoms with E-state index in [0.29, 0.717) is 17.4 Å². The first-order chi connectivity index (χ1) is 7.25. The first kappa shape index (κ1) is 9.39. The SMILES string of the molecule is Cc1cc(Oc2cccnn2)ncc1N. The van der Waals surface area contributed by atoms with Gasteiger partial charge in [0.1, 0.15) is 0 Å². The van der Waals surface area contributed by atoms with Crippen LogP contribution in [0.1, 0.15) is 5.56 Å². The molecule has 76 valence electrons. The van der Waals surface area contributed by atoms with Crippen LogP contribution >= 0.6 is 0 Å². The van der Waals surface area contributed by atoms with Gasteiger partial charge in [-0.1, -0.05) is 0 Å². The molecule has 0 unspecified atom stereocenters. The number of nitrogen functional groups attached to an aromatic ring is 1. The van der Waals surface area contributed by atoms with Gasteiger partial charge in [-0.05, 0) is 18.6 Å². The van der Waals surface area contributed by atoms with Gasteiger partial charge in [0.25, 0.3) is 0 Å². The lowest BCUT2D eigenvalue weighted by Gasteiger charge is -2.04. The molecule has 0 atom stereocenters. The average Bonchev–Trinajstić information content (AvgIpc) is 2.25. The highest BCUT2D eigenvalue weighted by Gasteiger charge is 2.01. The zero-order valence-corrected chi connectivity index (χ0v) is 8.21. The minimum absolute atomic E-state index is 0.411. The van der Waals surface area contributed by atoms with Crippen molar-refractivity contribution in [2.75, 3.05) is 5.73 Å². The summed E-state index contributed by atoms with van der Waals surface area (Å²) in [6, 6.07) is 5.21. The predicted octanol–water partition coefficient (Wildman–Crippen LogP) is 1.55. The lowest BCUT2D eigenvalue weighted by atomic mass is 10.2. The summed E-state index contributed by atoms with van der Waals surface area (Å²) in [6.45, 7) is 1.89. The number of pyridine rings is 1. The van der Waals surface area contributed by atoms with Crippen molar-refractivity contribution in [2.24, 2.45) is 0 Å². The molecule has 0 aliphatic heterocycles. The zero-order chi connectivity index (χ0) is 10.7. The monoisotopic (exact) mass is 202 g/mol. The number of nitrogens with two attached hydrogens (primary N) is 1. The molecule has 0 aliphatic carbocycles. The number of hydrogen-bond acceptors (Lipinski definition) is 5. The second-order valence-corrected chi connectivity index (χ2v) is 3.04. The lowest BCUT2D eigenvalue weighted by Crippen LogP contribution is -1.95. The van der Waals surface area contributed by atoms with Crippen molar-refractivity contribution in [3.05, 3.63) is 36.2 Å². The molecular weight excluding hydrogens is 192 g/mol. The maximum atomic E-state index is 5.64. The van der Waals surface area contributed by atoms with E-state index in [-0.39, 0.29) is 0 Å². The molecule has 0 fully saturated rings. The minimum atomic E-state index is 0.411. The van der Waals surface area contributed by atoms with Gasteiger partial charge in [0.05, 0.1) is 11.9 Å². The standard InChI is InChI=1S/C10H10N4O/c1-7-5-10(12-6-8(7)11)15-9-3-2-4-13-14-9/h2-6H,11H2,1H3. The van der Waals surface area contributed by atoms with Crippen LogP contribution in [-0.2, 0) is 0 Å². The van der Waals surface area contributed by atoms with E-state index >= 15 is 0 Å². The van der Waals surface area contributed by atoms with Gasteiger partial charge >= 0.3 is 0 Å². The first-order valence-corrected chi connectivity index (χ1v) is 4.43. The van der Waals surface area contributed by atoms with Crippen LogP contribution in [0.3, 0.4) is 0 Å². The molecule has 0 bridgehead atoms. The molecule has 15 heavy (non-hydrogen) atoms. The van der Waals surface area contributed by atoms with Gasteiger partial charge in [-0.25, -0.2) is 4.98 Å². The fourth-order valence-electron chi connectivity index (χ4n) is 1.05. The van der Waals surface area contributed by atoms with Crippen LogP contribution in [0, 0.1) is 6.92 Å². The number of aromatic nitrogens is 3. The molecule has 0 amide bonds. The number of hydrogen-bond donors (Lipinski definition) is 1. The number of anilines is 1. The topological polar surface area (TPSA) is 73.9 Å². The Morgan fingerprint density at radius 2 is 2.20 bits per heavy atom. The Balaban J connectivity index is 2.22. The fourth-order valence-corrected chi connectivity index (χ4v) is 1.05. The first-order valence-electron chi connectivity index (χ1n) is 4.43. The van der Waals surface area contributed by atoms with E-state index < -0.39 is 0 Å². The van der Waals surface area contributed by atoms with Gasteiger partial charge in [-0.2, -0.15) is 5.10 Å². The summed E-state index contributed by atoms with van der Waals surface area (Å²) < 4.78 is 5.37. The molecular formula is C10H10N4O. The summed E-state index contributed by atoms with van der Waals surface area (Å²) in [4.78, 5) is 4.02. The van der Waals surface area contributed by atoms with Gasteiger partial charge < -0.3 is 10.5 Å². The van der Waals surface area contributed by atoms with Gasteiger partial charge in [0.2, 0.25) is 11.8 Å². The van der Waals surface area contributed by atoms with Crippen molar-refractivity contribution in [2.45, 2.75) is 6.92 Å². The molecule has 0 radical (unpaired) electrons. The van der Waals surface area contributed by atoms with Crippen LogP contribution in [0.5, 0.6) is 11.8 Å². The summed E-state index contributed by atoms with van der Waals surface area (Å²) in [5.74, 6) is 0.872. The summed E-state index contributed by atoms with van der Waals surface area (Å²) in [5.41, 5.74) is 7.20. The molecule has 2 rings (SSSR count). The third-order valence-electron chi connectivity index (χ3n) is 1.88. The summed E-state index contributed by atoms with van der Waals surface area (Å²) >= 11 is 0. The van der Waals surface area contributed by atoms with Crippen molar-refractivity contribution in [3.8, 4) is 11.8 Å². The molecule has 0 aliphatic rings. The maximum Gasteiger partial charge on any atom is 0.240 e. The highest BCUT2D eigenvalue weighted by molar-refractivity contribution is 5.45. The summed E-state index contributed by atoms with van der Waals surface area (Å²) in [5, 5.41) is 7.48. The van der Waals surface area contributed by atoms with Crippen LogP contribution in [0.2, 0.25) is 0 Å². The van der Waals surface area contributed by atoms with Crippen LogP contribution in [0.25, 0.3) is 0 Å². The van der Waals surface area contributed by atoms with E-state index in [1.807, 2.05) is 6.92 Å². The zero-order valence-electron chi connectivity index (χ0n) is 8.21. The van der Waals surface area contributed by atoms with E-state index in [9.17, 15) is 0 Å². The maximum absolute atomic E-state index is 5.64. The van der Waals surface area contributed by atoms with E-state index in [0.717, 1.165) is 5.56 Å². The smallest absolute Gasteiger partial charge is 0.240 e. The van der Waals surface area contributed by atoms with Crippen molar-refractivity contribution in [3.63, 3.8) is 0 Å². The third kappa shape index (κ3) is 2.19. The molecule has 0 saturated heterocycles.